The quantitative estimate of drug-likeness (QED) is 0.595. The van der Waals surface area contributed by atoms with Crippen molar-refractivity contribution in [3.63, 3.8) is 0 Å². The standard InChI is InChI=1S/C25H30ClN5O/c26-21-11-5-4-10-20(21)22-15-23-24(27-12-14-31(23)29-22)30-13-6-9-19(17-30)25(32)28-16-18-7-2-1-3-8-18/h4-5,10-12,14-15,18-19H,1-3,6-9,13,16-17H2,(H,28,32)/t19-/m0/s1. The summed E-state index contributed by atoms with van der Waals surface area (Å²) in [7, 11) is 0. The second kappa shape index (κ2) is 9.49. The largest absolute Gasteiger partial charge is 0.356 e. The van der Waals surface area contributed by atoms with Crippen LogP contribution in [0.5, 0.6) is 0 Å². The number of aromatic nitrogens is 3. The first-order chi connectivity index (χ1) is 15.7. The number of hydrogen-bond donors (Lipinski definition) is 1. The van der Waals surface area contributed by atoms with Crippen LogP contribution in [-0.4, -0.2) is 40.1 Å². The molecule has 2 fully saturated rings. The maximum Gasteiger partial charge on any atom is 0.224 e. The van der Waals surface area contributed by atoms with E-state index in [4.69, 9.17) is 16.7 Å². The molecule has 2 aliphatic rings. The zero-order chi connectivity index (χ0) is 21.9. The van der Waals surface area contributed by atoms with Crippen LogP contribution < -0.4 is 10.2 Å². The van der Waals surface area contributed by atoms with Crippen molar-refractivity contribution in [2.24, 2.45) is 11.8 Å². The third-order valence-electron chi connectivity index (χ3n) is 6.90. The predicted octanol–water partition coefficient (Wildman–Crippen LogP) is 4.96. The summed E-state index contributed by atoms with van der Waals surface area (Å²) in [6, 6.07) is 9.77. The predicted molar refractivity (Wildman–Crippen MR) is 128 cm³/mol. The van der Waals surface area contributed by atoms with Crippen LogP contribution >= 0.6 is 11.6 Å². The van der Waals surface area contributed by atoms with Crippen molar-refractivity contribution < 1.29 is 4.79 Å². The molecule has 0 radical (unpaired) electrons. The molecule has 1 aliphatic heterocycles. The second-order valence-electron chi connectivity index (χ2n) is 9.12. The van der Waals surface area contributed by atoms with E-state index in [2.05, 4.69) is 15.2 Å². The Labute approximate surface area is 194 Å². The summed E-state index contributed by atoms with van der Waals surface area (Å²) in [4.78, 5) is 19.8. The second-order valence-corrected chi connectivity index (χ2v) is 9.53. The highest BCUT2D eigenvalue weighted by Crippen LogP contribution is 2.31. The molecule has 5 rings (SSSR count). The molecular formula is C25H30ClN5O. The summed E-state index contributed by atoms with van der Waals surface area (Å²) in [5.41, 5.74) is 2.66. The minimum atomic E-state index is 0.000330. The molecular weight excluding hydrogens is 422 g/mol. The summed E-state index contributed by atoms with van der Waals surface area (Å²) in [6.07, 6.45) is 12.0. The Morgan fingerprint density at radius 2 is 1.97 bits per heavy atom. The molecule has 1 atom stereocenters. The van der Waals surface area contributed by atoms with E-state index in [0.717, 1.165) is 48.5 Å². The molecule has 6 nitrogen and oxygen atoms in total. The number of piperidine rings is 1. The van der Waals surface area contributed by atoms with Gasteiger partial charge in [-0.15, -0.1) is 0 Å². The van der Waals surface area contributed by atoms with Gasteiger partial charge in [0.2, 0.25) is 5.91 Å². The van der Waals surface area contributed by atoms with Crippen LogP contribution in [0.2, 0.25) is 5.02 Å². The van der Waals surface area contributed by atoms with E-state index in [0.29, 0.717) is 17.5 Å². The maximum atomic E-state index is 12.9. The summed E-state index contributed by atoms with van der Waals surface area (Å²) in [5, 5.41) is 8.64. The lowest BCUT2D eigenvalue weighted by Crippen LogP contribution is -2.44. The number of nitrogens with one attached hydrogen (secondary N) is 1. The highest BCUT2D eigenvalue weighted by Gasteiger charge is 2.28. The zero-order valence-corrected chi connectivity index (χ0v) is 19.1. The van der Waals surface area contributed by atoms with Crippen LogP contribution in [0.4, 0.5) is 5.82 Å². The van der Waals surface area contributed by atoms with Gasteiger partial charge >= 0.3 is 0 Å². The molecule has 1 aliphatic carbocycles. The van der Waals surface area contributed by atoms with Crippen molar-refractivity contribution in [1.82, 2.24) is 19.9 Å². The minimum absolute atomic E-state index is 0.000330. The third kappa shape index (κ3) is 4.46. The zero-order valence-electron chi connectivity index (χ0n) is 18.3. The number of rotatable bonds is 5. The molecule has 1 amide bonds. The first-order valence-electron chi connectivity index (χ1n) is 11.8. The Morgan fingerprint density at radius 1 is 1.12 bits per heavy atom. The Balaban J connectivity index is 1.32. The fraction of sp³-hybridized carbons (Fsp3) is 0.480. The highest BCUT2D eigenvalue weighted by molar-refractivity contribution is 6.33. The molecule has 2 aromatic heterocycles. The third-order valence-corrected chi connectivity index (χ3v) is 7.23. The smallest absolute Gasteiger partial charge is 0.224 e. The van der Waals surface area contributed by atoms with Gasteiger partial charge in [0, 0.05) is 37.6 Å². The number of benzene rings is 1. The molecule has 168 valence electrons. The van der Waals surface area contributed by atoms with Crippen molar-refractivity contribution in [3.05, 3.63) is 47.7 Å². The average molecular weight is 452 g/mol. The molecule has 1 saturated heterocycles. The number of fused-ring (bicyclic) bond motifs is 1. The van der Waals surface area contributed by atoms with Crippen LogP contribution in [0.25, 0.3) is 16.8 Å². The van der Waals surface area contributed by atoms with Crippen molar-refractivity contribution >= 4 is 28.8 Å². The van der Waals surface area contributed by atoms with Crippen molar-refractivity contribution in [2.45, 2.75) is 44.9 Å². The summed E-state index contributed by atoms with van der Waals surface area (Å²) in [6.45, 7) is 2.41. The summed E-state index contributed by atoms with van der Waals surface area (Å²) < 4.78 is 1.85. The molecule has 3 aromatic rings. The molecule has 0 unspecified atom stereocenters. The van der Waals surface area contributed by atoms with Crippen molar-refractivity contribution in [1.29, 1.82) is 0 Å². The van der Waals surface area contributed by atoms with Crippen LogP contribution in [0.1, 0.15) is 44.9 Å². The van der Waals surface area contributed by atoms with Gasteiger partial charge in [-0.2, -0.15) is 5.10 Å². The monoisotopic (exact) mass is 451 g/mol. The number of anilines is 1. The van der Waals surface area contributed by atoms with Gasteiger partial charge in [-0.25, -0.2) is 9.50 Å². The van der Waals surface area contributed by atoms with Crippen molar-refractivity contribution in [3.8, 4) is 11.3 Å². The summed E-state index contributed by atoms with van der Waals surface area (Å²) in [5.74, 6) is 1.72. The van der Waals surface area contributed by atoms with E-state index < -0.39 is 0 Å². The van der Waals surface area contributed by atoms with Gasteiger partial charge in [0.1, 0.15) is 5.52 Å². The maximum absolute atomic E-state index is 12.9. The van der Waals surface area contributed by atoms with Gasteiger partial charge in [0.15, 0.2) is 5.82 Å². The van der Waals surface area contributed by atoms with E-state index in [1.165, 1.54) is 32.1 Å². The van der Waals surface area contributed by atoms with E-state index in [9.17, 15) is 4.79 Å². The van der Waals surface area contributed by atoms with Gasteiger partial charge in [0.25, 0.3) is 0 Å². The Morgan fingerprint density at radius 3 is 2.81 bits per heavy atom. The number of carbonyl (C=O) groups excluding carboxylic acids is 1. The molecule has 1 aromatic carbocycles. The molecule has 3 heterocycles. The van der Waals surface area contributed by atoms with Crippen molar-refractivity contribution in [2.75, 3.05) is 24.5 Å². The topological polar surface area (TPSA) is 62.5 Å². The van der Waals surface area contributed by atoms with Gasteiger partial charge in [-0.1, -0.05) is 49.1 Å². The lowest BCUT2D eigenvalue weighted by molar-refractivity contribution is -0.125. The first-order valence-corrected chi connectivity index (χ1v) is 12.2. The normalized spacial score (nSPS) is 19.9. The van der Waals surface area contributed by atoms with Gasteiger partial charge < -0.3 is 10.2 Å². The molecule has 0 bridgehead atoms. The lowest BCUT2D eigenvalue weighted by Gasteiger charge is -2.33. The Hall–Kier alpha value is -2.60. The number of nitrogens with zero attached hydrogens (tertiary/aromatic N) is 4. The average Bonchev–Trinajstić information content (AvgIpc) is 3.28. The van der Waals surface area contributed by atoms with E-state index in [1.807, 2.05) is 41.0 Å². The van der Waals surface area contributed by atoms with Crippen LogP contribution in [0.15, 0.2) is 42.7 Å². The fourth-order valence-electron chi connectivity index (χ4n) is 5.12. The highest BCUT2D eigenvalue weighted by atomic mass is 35.5. The molecule has 1 N–H and O–H groups in total. The van der Waals surface area contributed by atoms with Gasteiger partial charge in [0.05, 0.1) is 16.6 Å². The fourth-order valence-corrected chi connectivity index (χ4v) is 5.35. The Kier molecular flexibility index (Phi) is 6.30. The SMILES string of the molecule is O=C(NCC1CCCCC1)[C@H]1CCCN(c2nccn3nc(-c4ccccc4Cl)cc23)C1. The van der Waals surface area contributed by atoms with Crippen LogP contribution in [0.3, 0.4) is 0 Å². The van der Waals surface area contributed by atoms with E-state index in [1.54, 1.807) is 6.20 Å². The minimum Gasteiger partial charge on any atom is -0.356 e. The molecule has 1 saturated carbocycles. The number of amides is 1. The van der Waals surface area contributed by atoms with Crippen LogP contribution in [0, 0.1) is 11.8 Å². The van der Waals surface area contributed by atoms with Crippen LogP contribution in [-0.2, 0) is 4.79 Å². The van der Waals surface area contributed by atoms with E-state index >= 15 is 0 Å². The number of carbonyl (C=O) groups is 1. The van der Waals surface area contributed by atoms with Gasteiger partial charge in [-0.3, -0.25) is 4.79 Å². The number of halogens is 1. The molecule has 0 spiro atoms. The number of hydrogen-bond acceptors (Lipinski definition) is 4. The first kappa shape index (κ1) is 21.3. The summed E-state index contributed by atoms with van der Waals surface area (Å²) >= 11 is 6.39. The Bertz CT molecular complexity index is 1090. The molecule has 7 heteroatoms. The molecule has 32 heavy (non-hydrogen) atoms. The lowest BCUT2D eigenvalue weighted by atomic mass is 9.89. The van der Waals surface area contributed by atoms with Gasteiger partial charge in [-0.05, 0) is 43.7 Å². The van der Waals surface area contributed by atoms with E-state index in [-0.39, 0.29) is 11.8 Å².